The molecule has 1 N–H and O–H groups in total. The summed E-state index contributed by atoms with van der Waals surface area (Å²) in [4.78, 5) is 42.7. The van der Waals surface area contributed by atoms with E-state index in [-0.39, 0.29) is 63.7 Å². The first-order valence-electron chi connectivity index (χ1n) is 12.7. The molecule has 0 saturated carbocycles. The fourth-order valence-corrected chi connectivity index (χ4v) is 4.79. The average Bonchev–Trinajstić information content (AvgIpc) is 2.89. The molecule has 0 aromatic heterocycles. The van der Waals surface area contributed by atoms with Crippen LogP contribution in [-0.4, -0.2) is 84.5 Å². The maximum absolute atomic E-state index is 12.6. The van der Waals surface area contributed by atoms with E-state index in [0.717, 1.165) is 55.7 Å². The van der Waals surface area contributed by atoms with Gasteiger partial charge in [-0.25, -0.2) is 4.79 Å². The third-order valence-electron chi connectivity index (χ3n) is 6.74. The van der Waals surface area contributed by atoms with Crippen LogP contribution in [0, 0.1) is 6.92 Å². The Morgan fingerprint density at radius 2 is 1.51 bits per heavy atom. The summed E-state index contributed by atoms with van der Waals surface area (Å²) in [5.41, 5.74) is 2.72. The quantitative estimate of drug-likeness (QED) is 0.458. The van der Waals surface area contributed by atoms with Gasteiger partial charge in [0, 0.05) is 57.9 Å². The molecule has 37 heavy (non-hydrogen) atoms. The molecule has 3 amide bonds. The normalized spacial score (nSPS) is 16.9. The van der Waals surface area contributed by atoms with Crippen molar-refractivity contribution in [2.75, 3.05) is 51.1 Å². The maximum Gasteiger partial charge on any atom is 0.411 e. The summed E-state index contributed by atoms with van der Waals surface area (Å²) in [6, 6.07) is 17.6. The number of nitrogens with zero attached hydrogens (tertiary/aromatic N) is 3. The van der Waals surface area contributed by atoms with Crippen molar-refractivity contribution in [2.45, 2.75) is 31.8 Å². The van der Waals surface area contributed by atoms with E-state index >= 15 is 0 Å². The number of piperidine rings is 1. The monoisotopic (exact) mass is 580 g/mol. The molecule has 0 aliphatic carbocycles. The van der Waals surface area contributed by atoms with Gasteiger partial charge in [0.2, 0.25) is 11.8 Å². The summed E-state index contributed by atoms with van der Waals surface area (Å²) in [6.45, 7) is 7.73. The molecule has 0 unspecified atom stereocenters. The van der Waals surface area contributed by atoms with Crippen molar-refractivity contribution in [1.29, 1.82) is 0 Å². The molecule has 1 radical (unpaired) electrons. The number of benzene rings is 2. The van der Waals surface area contributed by atoms with Gasteiger partial charge in [0.25, 0.3) is 0 Å². The molecule has 4 rings (SSSR count). The third kappa shape index (κ3) is 8.35. The number of carbonyl (C=O) groups excluding carboxylic acids is 3. The molecule has 2 saturated heterocycles. The summed E-state index contributed by atoms with van der Waals surface area (Å²) in [6.07, 6.45) is 2.42. The zero-order valence-electron chi connectivity index (χ0n) is 21.3. The van der Waals surface area contributed by atoms with Crippen LogP contribution >= 0.6 is 0 Å². The largest absolute Gasteiger partial charge is 0.446 e. The summed E-state index contributed by atoms with van der Waals surface area (Å²) >= 11 is 0. The molecule has 0 spiro atoms. The predicted molar refractivity (Wildman–Crippen MR) is 139 cm³/mol. The number of hydrogen-bond acceptors (Lipinski definition) is 5. The van der Waals surface area contributed by atoms with Crippen LogP contribution in [0.15, 0.2) is 54.6 Å². The zero-order valence-corrected chi connectivity index (χ0v) is 24.1. The average molecular weight is 581 g/mol. The maximum atomic E-state index is 12.6. The number of hydrogen-bond donors (Lipinski definition) is 1. The van der Waals surface area contributed by atoms with E-state index in [2.05, 4.69) is 17.1 Å². The number of likely N-dealkylation sites (tertiary alicyclic amines) is 1. The Bertz CT molecular complexity index is 1040. The van der Waals surface area contributed by atoms with Crippen LogP contribution in [0.25, 0.3) is 11.1 Å². The molecule has 0 bridgehead atoms. The second-order valence-electron chi connectivity index (χ2n) is 9.32. The Labute approximate surface area is 244 Å². The van der Waals surface area contributed by atoms with Crippen molar-refractivity contribution in [3.05, 3.63) is 61.5 Å². The fraction of sp³-hybridized carbons (Fsp3) is 0.429. The second kappa shape index (κ2) is 14.6. The predicted octanol–water partition coefficient (Wildman–Crippen LogP) is 3.65. The topological polar surface area (TPSA) is 82.2 Å². The Hall–Kier alpha value is -2.29. The Balaban J connectivity index is 0.00000380. The fourth-order valence-electron chi connectivity index (χ4n) is 4.79. The Morgan fingerprint density at radius 3 is 2.19 bits per heavy atom. The van der Waals surface area contributed by atoms with Crippen LogP contribution in [0.2, 0.25) is 0 Å². The van der Waals surface area contributed by atoms with Gasteiger partial charge >= 0.3 is 6.09 Å². The molecule has 2 aliphatic rings. The number of para-hydroxylation sites is 1. The minimum Gasteiger partial charge on any atom is -0.446 e. The van der Waals surface area contributed by atoms with E-state index in [1.807, 2.05) is 54.6 Å². The minimum atomic E-state index is -0.432. The first-order valence-corrected chi connectivity index (χ1v) is 12.7. The molecule has 2 heterocycles. The Morgan fingerprint density at radius 1 is 0.892 bits per heavy atom. The standard InChI is InChI=1S/C28H35N4O4.Y/c1-2-15-31-20-27(34)32(21-26(31)33)17-8-16-30-18-13-23(14-19-30)36-28(35)29-25-12-7-6-11-24(25)22-9-4-3-5-10-22;/h3-7,9-12,23H,1-2,8,13-21H2,(H,29,35);/q-1;. The molecule has 195 valence electrons. The number of anilines is 1. The van der Waals surface area contributed by atoms with Crippen molar-refractivity contribution in [3.63, 3.8) is 0 Å². The van der Waals surface area contributed by atoms with Gasteiger partial charge in [0.15, 0.2) is 0 Å². The van der Waals surface area contributed by atoms with Gasteiger partial charge in [-0.05, 0) is 44.0 Å². The molecule has 2 aromatic carbocycles. The smallest absolute Gasteiger partial charge is 0.411 e. The van der Waals surface area contributed by atoms with E-state index < -0.39 is 6.09 Å². The van der Waals surface area contributed by atoms with Gasteiger partial charge in [-0.15, -0.1) is 0 Å². The van der Waals surface area contributed by atoms with Crippen LogP contribution in [-0.2, 0) is 47.0 Å². The van der Waals surface area contributed by atoms with Crippen molar-refractivity contribution in [2.24, 2.45) is 0 Å². The summed E-state index contributed by atoms with van der Waals surface area (Å²) in [5.74, 6) is 0.0101. The van der Waals surface area contributed by atoms with Gasteiger partial charge < -0.3 is 26.4 Å². The van der Waals surface area contributed by atoms with Crippen LogP contribution in [0.4, 0.5) is 10.5 Å². The van der Waals surface area contributed by atoms with Gasteiger partial charge in [0.05, 0.1) is 18.8 Å². The SMILES string of the molecule is [CH2-]CCN1CC(=O)N(CCCN2CCC(OC(=O)Nc3ccccc3-c3ccccc3)CC2)CC1=O.[Y]. The molecule has 2 fully saturated rings. The molecular weight excluding hydrogens is 545 g/mol. The minimum absolute atomic E-state index is 0. The van der Waals surface area contributed by atoms with Crippen LogP contribution < -0.4 is 5.32 Å². The van der Waals surface area contributed by atoms with Crippen LogP contribution in [0.3, 0.4) is 0 Å². The zero-order chi connectivity index (χ0) is 25.3. The molecule has 8 nitrogen and oxygen atoms in total. The second-order valence-corrected chi connectivity index (χ2v) is 9.32. The van der Waals surface area contributed by atoms with Gasteiger partial charge in [-0.3, -0.25) is 14.9 Å². The summed E-state index contributed by atoms with van der Waals surface area (Å²) in [7, 11) is 0. The third-order valence-corrected chi connectivity index (χ3v) is 6.74. The Kier molecular flexibility index (Phi) is 11.5. The number of carbonyl (C=O) groups is 3. The van der Waals surface area contributed by atoms with Crippen molar-refractivity contribution < 1.29 is 51.8 Å². The van der Waals surface area contributed by atoms with Crippen molar-refractivity contribution in [1.82, 2.24) is 14.7 Å². The summed E-state index contributed by atoms with van der Waals surface area (Å²) < 4.78 is 5.71. The van der Waals surface area contributed by atoms with E-state index in [9.17, 15) is 14.4 Å². The van der Waals surface area contributed by atoms with Crippen LogP contribution in [0.5, 0.6) is 0 Å². The first-order chi connectivity index (χ1) is 17.5. The molecule has 0 atom stereocenters. The summed E-state index contributed by atoms with van der Waals surface area (Å²) in [5, 5.41) is 2.91. The number of ether oxygens (including phenoxy) is 1. The number of rotatable bonds is 9. The van der Waals surface area contributed by atoms with Crippen molar-refractivity contribution >= 4 is 23.6 Å². The van der Waals surface area contributed by atoms with E-state index in [0.29, 0.717) is 19.5 Å². The molecule has 2 aliphatic heterocycles. The van der Waals surface area contributed by atoms with E-state index in [4.69, 9.17) is 4.74 Å². The molecular formula is C28H35N4O4Y-. The van der Waals surface area contributed by atoms with Crippen LogP contribution in [0.1, 0.15) is 25.7 Å². The molecule has 9 heteroatoms. The van der Waals surface area contributed by atoms with Gasteiger partial charge in [0.1, 0.15) is 6.10 Å². The van der Waals surface area contributed by atoms with Crippen molar-refractivity contribution in [3.8, 4) is 11.1 Å². The first kappa shape index (κ1) is 29.3. The molecule has 2 aromatic rings. The number of amides is 3. The van der Waals surface area contributed by atoms with Gasteiger partial charge in [-0.2, -0.15) is 6.42 Å². The van der Waals surface area contributed by atoms with E-state index in [1.54, 1.807) is 9.80 Å². The van der Waals surface area contributed by atoms with Gasteiger partial charge in [-0.1, -0.05) is 48.5 Å². The number of piperazine rings is 1. The van der Waals surface area contributed by atoms with E-state index in [1.165, 1.54) is 0 Å². The number of nitrogens with one attached hydrogen (secondary N) is 1.